The highest BCUT2D eigenvalue weighted by Gasteiger charge is 2.04. The SMILES string of the molecule is CCP(CC)CC(C)O. The molecule has 0 rings (SSSR count). The minimum Gasteiger partial charge on any atom is -0.393 e. The second kappa shape index (κ2) is 5.20. The third-order valence-corrected chi connectivity index (χ3v) is 4.25. The van der Waals surface area contributed by atoms with Crippen LogP contribution in [0.5, 0.6) is 0 Å². The van der Waals surface area contributed by atoms with Crippen molar-refractivity contribution in [3.63, 3.8) is 0 Å². The first-order valence-electron chi connectivity index (χ1n) is 3.61. The molecule has 1 nitrogen and oxygen atoms in total. The van der Waals surface area contributed by atoms with E-state index in [2.05, 4.69) is 13.8 Å². The molecule has 1 atom stereocenters. The van der Waals surface area contributed by atoms with Crippen LogP contribution in [0.25, 0.3) is 0 Å². The van der Waals surface area contributed by atoms with Crippen molar-refractivity contribution < 1.29 is 5.11 Å². The minimum absolute atomic E-state index is 0.0870. The zero-order chi connectivity index (χ0) is 7.28. The molecular weight excluding hydrogens is 131 g/mol. The highest BCUT2D eigenvalue weighted by Crippen LogP contribution is 2.34. The highest BCUT2D eigenvalue weighted by atomic mass is 31.1. The molecule has 0 aliphatic rings. The van der Waals surface area contributed by atoms with Crippen LogP contribution >= 0.6 is 7.92 Å². The van der Waals surface area contributed by atoms with Gasteiger partial charge in [0.25, 0.3) is 0 Å². The quantitative estimate of drug-likeness (QED) is 0.603. The molecule has 1 N–H and O–H groups in total. The summed E-state index contributed by atoms with van der Waals surface area (Å²) in [6.07, 6.45) is 3.46. The Morgan fingerprint density at radius 2 is 1.78 bits per heavy atom. The molecule has 0 aliphatic heterocycles. The van der Waals surface area contributed by atoms with Crippen LogP contribution in [0.4, 0.5) is 0 Å². The summed E-state index contributed by atoms with van der Waals surface area (Å²) >= 11 is 0. The molecular formula is C7H17OP. The van der Waals surface area contributed by atoms with E-state index in [0.717, 1.165) is 6.16 Å². The Morgan fingerprint density at radius 3 is 1.89 bits per heavy atom. The predicted molar refractivity (Wildman–Crippen MR) is 44.5 cm³/mol. The van der Waals surface area contributed by atoms with Crippen LogP contribution in [-0.2, 0) is 0 Å². The zero-order valence-corrected chi connectivity index (χ0v) is 7.49. The lowest BCUT2D eigenvalue weighted by atomic mass is 10.5. The summed E-state index contributed by atoms with van der Waals surface area (Å²) in [5.41, 5.74) is 0. The summed E-state index contributed by atoms with van der Waals surface area (Å²) in [6.45, 7) is 6.29. The van der Waals surface area contributed by atoms with E-state index in [0.29, 0.717) is 0 Å². The van der Waals surface area contributed by atoms with Gasteiger partial charge in [-0.15, -0.1) is 7.92 Å². The molecule has 0 fully saturated rings. The highest BCUT2D eigenvalue weighted by molar-refractivity contribution is 7.57. The molecule has 0 bridgehead atoms. The average molecular weight is 148 g/mol. The predicted octanol–water partition coefficient (Wildman–Crippen LogP) is 1.89. The van der Waals surface area contributed by atoms with Crippen LogP contribution in [-0.4, -0.2) is 29.7 Å². The molecule has 0 aromatic carbocycles. The molecule has 0 saturated heterocycles. The van der Waals surface area contributed by atoms with Gasteiger partial charge in [-0.1, -0.05) is 13.8 Å². The van der Waals surface area contributed by atoms with Crippen LogP contribution in [0.15, 0.2) is 0 Å². The Hall–Kier alpha value is 0.390. The Bertz CT molecular complexity index is 59.9. The van der Waals surface area contributed by atoms with Gasteiger partial charge in [0.05, 0.1) is 6.10 Å². The number of hydrogen-bond acceptors (Lipinski definition) is 1. The molecule has 0 heterocycles. The third-order valence-electron chi connectivity index (χ3n) is 1.42. The number of rotatable bonds is 4. The lowest BCUT2D eigenvalue weighted by molar-refractivity contribution is 0.219. The maximum absolute atomic E-state index is 9.00. The van der Waals surface area contributed by atoms with E-state index in [9.17, 15) is 0 Å². The van der Waals surface area contributed by atoms with Crippen molar-refractivity contribution in [2.45, 2.75) is 26.9 Å². The number of hydrogen-bond donors (Lipinski definition) is 1. The van der Waals surface area contributed by atoms with E-state index in [-0.39, 0.29) is 14.0 Å². The first-order chi connectivity index (χ1) is 4.20. The Balaban J connectivity index is 3.31. The van der Waals surface area contributed by atoms with Crippen molar-refractivity contribution in [2.24, 2.45) is 0 Å². The van der Waals surface area contributed by atoms with Crippen LogP contribution < -0.4 is 0 Å². The molecule has 0 spiro atoms. The van der Waals surface area contributed by atoms with Crippen LogP contribution in [0.1, 0.15) is 20.8 Å². The van der Waals surface area contributed by atoms with Crippen molar-refractivity contribution >= 4 is 7.92 Å². The van der Waals surface area contributed by atoms with E-state index in [1.54, 1.807) is 0 Å². The van der Waals surface area contributed by atoms with E-state index in [1.165, 1.54) is 12.3 Å². The lowest BCUT2D eigenvalue weighted by Crippen LogP contribution is -2.06. The smallest absolute Gasteiger partial charge is 0.0551 e. The fraction of sp³-hybridized carbons (Fsp3) is 1.00. The summed E-state index contributed by atoms with van der Waals surface area (Å²) in [6, 6.07) is 0. The standard InChI is InChI=1S/C7H17OP/c1-4-9(5-2)6-7(3)8/h7-8H,4-6H2,1-3H3. The van der Waals surface area contributed by atoms with Crippen LogP contribution in [0.3, 0.4) is 0 Å². The molecule has 2 heteroatoms. The van der Waals surface area contributed by atoms with Gasteiger partial charge in [0.15, 0.2) is 0 Å². The minimum atomic E-state index is -0.0870. The molecule has 0 saturated carbocycles. The first kappa shape index (κ1) is 9.39. The van der Waals surface area contributed by atoms with Crippen molar-refractivity contribution in [3.05, 3.63) is 0 Å². The maximum Gasteiger partial charge on any atom is 0.0551 e. The van der Waals surface area contributed by atoms with Gasteiger partial charge in [-0.25, -0.2) is 0 Å². The largest absolute Gasteiger partial charge is 0.393 e. The Kier molecular flexibility index (Phi) is 5.42. The molecule has 0 radical (unpaired) electrons. The van der Waals surface area contributed by atoms with E-state index < -0.39 is 0 Å². The van der Waals surface area contributed by atoms with Gasteiger partial charge in [0, 0.05) is 0 Å². The fourth-order valence-electron chi connectivity index (χ4n) is 0.855. The molecule has 0 aromatic heterocycles. The summed E-state index contributed by atoms with van der Waals surface area (Å²) in [5.74, 6) is 0. The Labute approximate surface area is 59.2 Å². The van der Waals surface area contributed by atoms with Crippen molar-refractivity contribution in [1.82, 2.24) is 0 Å². The monoisotopic (exact) mass is 148 g/mol. The number of aliphatic hydroxyl groups excluding tert-OH is 1. The molecule has 0 amide bonds. The van der Waals surface area contributed by atoms with Crippen molar-refractivity contribution in [2.75, 3.05) is 18.5 Å². The van der Waals surface area contributed by atoms with Gasteiger partial charge in [0.2, 0.25) is 0 Å². The first-order valence-corrected chi connectivity index (χ1v) is 5.50. The molecule has 56 valence electrons. The second-order valence-electron chi connectivity index (χ2n) is 2.33. The van der Waals surface area contributed by atoms with E-state index >= 15 is 0 Å². The summed E-state index contributed by atoms with van der Waals surface area (Å²) in [7, 11) is 0.154. The van der Waals surface area contributed by atoms with Gasteiger partial charge in [-0.05, 0) is 25.4 Å². The summed E-state index contributed by atoms with van der Waals surface area (Å²) < 4.78 is 0. The number of aliphatic hydroxyl groups is 1. The van der Waals surface area contributed by atoms with Gasteiger partial charge >= 0.3 is 0 Å². The van der Waals surface area contributed by atoms with Gasteiger partial charge < -0.3 is 5.11 Å². The molecule has 1 unspecified atom stereocenters. The van der Waals surface area contributed by atoms with Crippen molar-refractivity contribution in [3.8, 4) is 0 Å². The average Bonchev–Trinajstić information content (AvgIpc) is 1.82. The summed E-state index contributed by atoms with van der Waals surface area (Å²) in [4.78, 5) is 0. The lowest BCUT2D eigenvalue weighted by Gasteiger charge is -2.14. The van der Waals surface area contributed by atoms with Crippen LogP contribution in [0, 0.1) is 0 Å². The topological polar surface area (TPSA) is 20.2 Å². The van der Waals surface area contributed by atoms with Crippen molar-refractivity contribution in [1.29, 1.82) is 0 Å². The van der Waals surface area contributed by atoms with Gasteiger partial charge in [-0.3, -0.25) is 0 Å². The summed E-state index contributed by atoms with van der Waals surface area (Å²) in [5, 5.41) is 9.00. The normalized spacial score (nSPS) is 14.3. The molecule has 9 heavy (non-hydrogen) atoms. The van der Waals surface area contributed by atoms with Gasteiger partial charge in [-0.2, -0.15) is 0 Å². The van der Waals surface area contributed by atoms with Crippen LogP contribution in [0.2, 0.25) is 0 Å². The second-order valence-corrected chi connectivity index (χ2v) is 5.31. The third kappa shape index (κ3) is 4.87. The van der Waals surface area contributed by atoms with E-state index in [1.807, 2.05) is 6.92 Å². The zero-order valence-electron chi connectivity index (χ0n) is 6.59. The van der Waals surface area contributed by atoms with Gasteiger partial charge in [0.1, 0.15) is 0 Å². The van der Waals surface area contributed by atoms with E-state index in [4.69, 9.17) is 5.11 Å². The Morgan fingerprint density at radius 1 is 1.33 bits per heavy atom. The fourth-order valence-corrected chi connectivity index (χ4v) is 2.57. The molecule has 0 aromatic rings. The maximum atomic E-state index is 9.00. The molecule has 0 aliphatic carbocycles.